The monoisotopic (exact) mass is 363 g/mol. The van der Waals surface area contributed by atoms with Crippen molar-refractivity contribution >= 4 is 16.0 Å². The van der Waals surface area contributed by atoms with E-state index in [9.17, 15) is 13.2 Å². The van der Waals surface area contributed by atoms with E-state index in [1.54, 1.807) is 0 Å². The number of hydrogen-bond donors (Lipinski definition) is 2. The molecule has 134 valence electrons. The van der Waals surface area contributed by atoms with E-state index in [2.05, 4.69) is 21.8 Å². The van der Waals surface area contributed by atoms with Crippen molar-refractivity contribution in [3.63, 3.8) is 0 Å². The molecule has 0 fully saturated rings. The summed E-state index contributed by atoms with van der Waals surface area (Å²) in [7, 11) is -2.21. The lowest BCUT2D eigenvalue weighted by Gasteiger charge is -2.28. The highest BCUT2D eigenvalue weighted by molar-refractivity contribution is 7.89. The third kappa shape index (κ3) is 3.92. The summed E-state index contributed by atoms with van der Waals surface area (Å²) in [6, 6.07) is 9.45. The molecule has 8 heteroatoms. The number of benzene rings is 1. The van der Waals surface area contributed by atoms with Crippen LogP contribution >= 0.6 is 0 Å². The summed E-state index contributed by atoms with van der Waals surface area (Å²) in [5.74, 6) is -1.16. The van der Waals surface area contributed by atoms with Gasteiger partial charge in [0.1, 0.15) is 10.6 Å². The quantitative estimate of drug-likeness (QED) is 0.801. The predicted octanol–water partition coefficient (Wildman–Crippen LogP) is 1.06. The molecule has 0 amide bonds. The number of fused-ring (bicyclic) bond motifs is 1. The minimum atomic E-state index is -3.72. The number of sulfonamides is 1. The zero-order chi connectivity index (χ0) is 18.0. The molecule has 1 aromatic heterocycles. The Bertz CT molecular complexity index is 889. The minimum absolute atomic E-state index is 0.0311. The fourth-order valence-electron chi connectivity index (χ4n) is 3.06. The topological polar surface area (TPSA) is 91.6 Å². The van der Waals surface area contributed by atoms with Crippen molar-refractivity contribution in [1.82, 2.24) is 14.2 Å². The number of aromatic carboxylic acids is 1. The van der Waals surface area contributed by atoms with Crippen LogP contribution < -0.4 is 4.72 Å². The molecule has 0 atom stereocenters. The van der Waals surface area contributed by atoms with Crippen LogP contribution in [0.3, 0.4) is 0 Å². The van der Waals surface area contributed by atoms with Crippen molar-refractivity contribution in [2.75, 3.05) is 19.6 Å². The molecule has 2 N–H and O–H groups in total. The SMILES string of the molecule is Cn1cc(S(=O)(=O)NCCN2CCc3ccccc3C2)cc1C(=O)O. The van der Waals surface area contributed by atoms with Crippen molar-refractivity contribution in [2.45, 2.75) is 17.9 Å². The lowest BCUT2D eigenvalue weighted by atomic mass is 10.0. The zero-order valence-electron chi connectivity index (χ0n) is 14.0. The van der Waals surface area contributed by atoms with Crippen LogP contribution in [-0.4, -0.2) is 48.6 Å². The fourth-order valence-corrected chi connectivity index (χ4v) is 4.15. The molecule has 0 radical (unpaired) electrons. The number of nitrogens with one attached hydrogen (secondary N) is 1. The van der Waals surface area contributed by atoms with Crippen LogP contribution in [0.2, 0.25) is 0 Å². The number of aryl methyl sites for hydroxylation is 1. The summed E-state index contributed by atoms with van der Waals surface area (Å²) in [5, 5.41) is 9.03. The van der Waals surface area contributed by atoms with Gasteiger partial charge in [-0.15, -0.1) is 0 Å². The largest absolute Gasteiger partial charge is 0.477 e. The number of carboxylic acids is 1. The van der Waals surface area contributed by atoms with Crippen LogP contribution in [0, 0.1) is 0 Å². The molecule has 2 aromatic rings. The van der Waals surface area contributed by atoms with Gasteiger partial charge in [0, 0.05) is 39.4 Å². The smallest absolute Gasteiger partial charge is 0.352 e. The van der Waals surface area contributed by atoms with Crippen LogP contribution in [-0.2, 0) is 30.0 Å². The highest BCUT2D eigenvalue weighted by atomic mass is 32.2. The molecule has 0 spiro atoms. The average Bonchev–Trinajstić information content (AvgIpc) is 2.97. The van der Waals surface area contributed by atoms with Gasteiger partial charge < -0.3 is 9.67 Å². The van der Waals surface area contributed by atoms with Gasteiger partial charge in [0.15, 0.2) is 0 Å². The van der Waals surface area contributed by atoms with E-state index in [-0.39, 0.29) is 17.1 Å². The number of rotatable bonds is 6. The van der Waals surface area contributed by atoms with Crippen molar-refractivity contribution in [3.05, 3.63) is 53.3 Å². The number of carboxylic acid groups (broad SMARTS) is 1. The molecule has 0 unspecified atom stereocenters. The van der Waals surface area contributed by atoms with Gasteiger partial charge in [-0.2, -0.15) is 0 Å². The second kappa shape index (κ2) is 6.99. The number of aromatic nitrogens is 1. The first-order valence-corrected chi connectivity index (χ1v) is 9.53. The molecule has 3 rings (SSSR count). The van der Waals surface area contributed by atoms with E-state index >= 15 is 0 Å². The maximum atomic E-state index is 12.3. The first-order valence-electron chi connectivity index (χ1n) is 8.05. The third-order valence-electron chi connectivity index (χ3n) is 4.44. The van der Waals surface area contributed by atoms with Crippen LogP contribution in [0.4, 0.5) is 0 Å². The number of nitrogens with zero attached hydrogens (tertiary/aromatic N) is 2. The molecule has 2 heterocycles. The molecule has 7 nitrogen and oxygen atoms in total. The van der Waals surface area contributed by atoms with Gasteiger partial charge in [0.25, 0.3) is 0 Å². The van der Waals surface area contributed by atoms with E-state index in [0.717, 1.165) is 19.5 Å². The molecule has 25 heavy (non-hydrogen) atoms. The van der Waals surface area contributed by atoms with Crippen molar-refractivity contribution in [1.29, 1.82) is 0 Å². The average molecular weight is 363 g/mol. The molecule has 0 saturated carbocycles. The Kier molecular flexibility index (Phi) is 4.94. The summed E-state index contributed by atoms with van der Waals surface area (Å²) in [6.45, 7) is 2.59. The number of hydrogen-bond acceptors (Lipinski definition) is 4. The van der Waals surface area contributed by atoms with Gasteiger partial charge in [0.2, 0.25) is 10.0 Å². The maximum absolute atomic E-state index is 12.3. The highest BCUT2D eigenvalue weighted by Crippen LogP contribution is 2.18. The summed E-state index contributed by atoms with van der Waals surface area (Å²) in [5.41, 5.74) is 2.57. The summed E-state index contributed by atoms with van der Waals surface area (Å²) in [6.07, 6.45) is 2.27. The van der Waals surface area contributed by atoms with Gasteiger partial charge >= 0.3 is 5.97 Å². The second-order valence-corrected chi connectivity index (χ2v) is 7.94. The maximum Gasteiger partial charge on any atom is 0.352 e. The molecule has 1 aliphatic heterocycles. The highest BCUT2D eigenvalue weighted by Gasteiger charge is 2.21. The lowest BCUT2D eigenvalue weighted by Crippen LogP contribution is -2.37. The molecule has 0 saturated heterocycles. The summed E-state index contributed by atoms with van der Waals surface area (Å²) in [4.78, 5) is 13.2. The Balaban J connectivity index is 1.58. The van der Waals surface area contributed by atoms with E-state index in [1.165, 1.54) is 35.0 Å². The molecule has 0 aliphatic carbocycles. The van der Waals surface area contributed by atoms with Crippen LogP contribution in [0.15, 0.2) is 41.4 Å². The third-order valence-corrected chi connectivity index (χ3v) is 5.87. The van der Waals surface area contributed by atoms with E-state index < -0.39 is 16.0 Å². The van der Waals surface area contributed by atoms with Crippen molar-refractivity contribution < 1.29 is 18.3 Å². The lowest BCUT2D eigenvalue weighted by molar-refractivity contribution is 0.0686. The van der Waals surface area contributed by atoms with E-state index in [1.807, 2.05) is 12.1 Å². The Morgan fingerprint density at radius 2 is 2.00 bits per heavy atom. The van der Waals surface area contributed by atoms with E-state index in [0.29, 0.717) is 6.54 Å². The van der Waals surface area contributed by atoms with E-state index in [4.69, 9.17) is 5.11 Å². The fraction of sp³-hybridized carbons (Fsp3) is 0.353. The normalized spacial score (nSPS) is 15.1. The van der Waals surface area contributed by atoms with Gasteiger partial charge in [-0.3, -0.25) is 4.90 Å². The summed E-state index contributed by atoms with van der Waals surface area (Å²) < 4.78 is 28.5. The molecule has 0 bridgehead atoms. The Labute approximate surface area is 146 Å². The van der Waals surface area contributed by atoms with Gasteiger partial charge in [-0.25, -0.2) is 17.9 Å². The van der Waals surface area contributed by atoms with Gasteiger partial charge in [-0.05, 0) is 23.6 Å². The molecular weight excluding hydrogens is 342 g/mol. The predicted molar refractivity (Wildman–Crippen MR) is 93.0 cm³/mol. The Morgan fingerprint density at radius 3 is 2.68 bits per heavy atom. The first-order chi connectivity index (χ1) is 11.9. The van der Waals surface area contributed by atoms with Gasteiger partial charge in [-0.1, -0.05) is 24.3 Å². The molecule has 1 aromatic carbocycles. The van der Waals surface area contributed by atoms with Crippen LogP contribution in [0.5, 0.6) is 0 Å². The molecule has 1 aliphatic rings. The standard InChI is InChI=1S/C17H21N3O4S/c1-19-12-15(10-16(19)17(21)22)25(23,24)18-7-9-20-8-6-13-4-2-3-5-14(13)11-20/h2-5,10,12,18H,6-9,11H2,1H3,(H,21,22). The van der Waals surface area contributed by atoms with Crippen LogP contribution in [0.1, 0.15) is 21.6 Å². The second-order valence-electron chi connectivity index (χ2n) is 6.17. The number of carbonyl (C=O) groups is 1. The Morgan fingerprint density at radius 1 is 1.28 bits per heavy atom. The van der Waals surface area contributed by atoms with Gasteiger partial charge in [0.05, 0.1) is 0 Å². The first kappa shape index (κ1) is 17.7. The molecular formula is C17H21N3O4S. The van der Waals surface area contributed by atoms with Crippen molar-refractivity contribution in [3.8, 4) is 0 Å². The zero-order valence-corrected chi connectivity index (χ0v) is 14.8. The van der Waals surface area contributed by atoms with Crippen molar-refractivity contribution in [2.24, 2.45) is 7.05 Å². The summed E-state index contributed by atoms with van der Waals surface area (Å²) >= 11 is 0. The van der Waals surface area contributed by atoms with Crippen LogP contribution in [0.25, 0.3) is 0 Å². The Hall–Kier alpha value is -2.16. The minimum Gasteiger partial charge on any atom is -0.477 e.